The summed E-state index contributed by atoms with van der Waals surface area (Å²) >= 11 is 0. The molecule has 2 N–H and O–H groups in total. The molecule has 2 aromatic carbocycles. The largest absolute Gasteiger partial charge is 0.338 e. The molecule has 2 amide bonds. The van der Waals surface area contributed by atoms with E-state index in [0.717, 1.165) is 11.1 Å². The number of aryl methyl sites for hydroxylation is 1. The predicted octanol–water partition coefficient (Wildman–Crippen LogP) is 3.24. The van der Waals surface area contributed by atoms with E-state index in [1.165, 1.54) is 12.1 Å². The Kier molecular flexibility index (Phi) is 5.87. The number of carbonyl (C=O) groups is 1. The van der Waals surface area contributed by atoms with Gasteiger partial charge in [0.15, 0.2) is 0 Å². The highest BCUT2D eigenvalue weighted by Crippen LogP contribution is 2.12. The number of urea groups is 1. The van der Waals surface area contributed by atoms with Crippen LogP contribution < -0.4 is 10.6 Å². The van der Waals surface area contributed by atoms with Gasteiger partial charge in [0.25, 0.3) is 0 Å². The molecule has 4 nitrogen and oxygen atoms in total. The average Bonchev–Trinajstić information content (AvgIpc) is 2.50. The second-order valence-electron chi connectivity index (χ2n) is 5.18. The van der Waals surface area contributed by atoms with Crippen molar-refractivity contribution in [2.75, 3.05) is 18.1 Å². The van der Waals surface area contributed by atoms with E-state index in [2.05, 4.69) is 10.6 Å². The molecule has 0 saturated carbocycles. The second-order valence-corrected chi connectivity index (χ2v) is 6.56. The Labute approximate surface area is 137 Å². The zero-order chi connectivity index (χ0) is 16.8. The first-order valence-electron chi connectivity index (χ1n) is 7.19. The first-order valence-corrected chi connectivity index (χ1v) is 8.75. The summed E-state index contributed by atoms with van der Waals surface area (Å²) in [7, 11) is -1.03. The molecule has 0 unspecified atom stereocenters. The minimum atomic E-state index is -1.03. The molecule has 0 aliphatic carbocycles. The molecule has 0 aromatic heterocycles. The molecule has 1 atom stereocenters. The van der Waals surface area contributed by atoms with E-state index in [1.54, 1.807) is 36.6 Å². The maximum Gasteiger partial charge on any atom is 0.319 e. The van der Waals surface area contributed by atoms with Gasteiger partial charge in [-0.15, -0.1) is 0 Å². The molecule has 0 radical (unpaired) electrons. The number of carbonyl (C=O) groups excluding carboxylic acids is 1. The highest BCUT2D eigenvalue weighted by atomic mass is 32.2. The lowest BCUT2D eigenvalue weighted by Gasteiger charge is -2.09. The SMILES string of the molecule is Cc1cc(F)ccc1CCNC(=O)Nc1ccc([S@@](C)=O)cc1. The summed E-state index contributed by atoms with van der Waals surface area (Å²) in [6, 6.07) is 11.2. The zero-order valence-corrected chi connectivity index (χ0v) is 13.9. The molecule has 0 spiro atoms. The fraction of sp³-hybridized carbons (Fsp3) is 0.235. The van der Waals surface area contributed by atoms with Crippen molar-refractivity contribution < 1.29 is 13.4 Å². The van der Waals surface area contributed by atoms with E-state index >= 15 is 0 Å². The van der Waals surface area contributed by atoms with Crippen LogP contribution in [0.3, 0.4) is 0 Å². The van der Waals surface area contributed by atoms with Crippen LogP contribution in [-0.4, -0.2) is 23.0 Å². The zero-order valence-electron chi connectivity index (χ0n) is 13.1. The van der Waals surface area contributed by atoms with E-state index < -0.39 is 10.8 Å². The van der Waals surface area contributed by atoms with Crippen LogP contribution in [0.1, 0.15) is 11.1 Å². The molecule has 23 heavy (non-hydrogen) atoms. The predicted molar refractivity (Wildman–Crippen MR) is 90.6 cm³/mol. The van der Waals surface area contributed by atoms with Crippen LogP contribution in [0.2, 0.25) is 0 Å². The smallest absolute Gasteiger partial charge is 0.319 e. The van der Waals surface area contributed by atoms with Crippen molar-refractivity contribution in [3.63, 3.8) is 0 Å². The molecular formula is C17H19FN2O2S. The Balaban J connectivity index is 1.82. The molecule has 2 rings (SSSR count). The normalized spacial score (nSPS) is 11.8. The van der Waals surface area contributed by atoms with E-state index in [9.17, 15) is 13.4 Å². The maximum absolute atomic E-state index is 13.0. The third-order valence-corrected chi connectivity index (χ3v) is 4.36. The molecular weight excluding hydrogens is 315 g/mol. The molecule has 6 heteroatoms. The molecule has 0 saturated heterocycles. The number of amides is 2. The number of hydrogen-bond acceptors (Lipinski definition) is 2. The van der Waals surface area contributed by atoms with Gasteiger partial charge in [-0.2, -0.15) is 0 Å². The summed E-state index contributed by atoms with van der Waals surface area (Å²) in [5.74, 6) is -0.256. The highest BCUT2D eigenvalue weighted by Gasteiger charge is 2.04. The van der Waals surface area contributed by atoms with Gasteiger partial charge in [0.2, 0.25) is 0 Å². The van der Waals surface area contributed by atoms with Crippen molar-refractivity contribution in [3.8, 4) is 0 Å². The average molecular weight is 334 g/mol. The van der Waals surface area contributed by atoms with Crippen LogP contribution in [0.4, 0.5) is 14.9 Å². The Morgan fingerprint density at radius 1 is 1.17 bits per heavy atom. The maximum atomic E-state index is 13.0. The van der Waals surface area contributed by atoms with Gasteiger partial charge in [-0.05, 0) is 60.9 Å². The molecule has 0 heterocycles. The topological polar surface area (TPSA) is 58.2 Å². The lowest BCUT2D eigenvalue weighted by molar-refractivity contribution is 0.252. The van der Waals surface area contributed by atoms with Crippen molar-refractivity contribution in [2.24, 2.45) is 0 Å². The highest BCUT2D eigenvalue weighted by molar-refractivity contribution is 7.84. The van der Waals surface area contributed by atoms with E-state index in [4.69, 9.17) is 0 Å². The quantitative estimate of drug-likeness (QED) is 0.882. The van der Waals surface area contributed by atoms with Gasteiger partial charge in [0.05, 0.1) is 0 Å². The summed E-state index contributed by atoms with van der Waals surface area (Å²) in [6.45, 7) is 2.30. The number of nitrogens with one attached hydrogen (secondary N) is 2. The molecule has 0 bridgehead atoms. The monoisotopic (exact) mass is 334 g/mol. The number of benzene rings is 2. The number of anilines is 1. The minimum absolute atomic E-state index is 0.256. The van der Waals surface area contributed by atoms with E-state index in [0.29, 0.717) is 23.5 Å². The molecule has 2 aromatic rings. The van der Waals surface area contributed by atoms with Gasteiger partial charge >= 0.3 is 6.03 Å². The number of hydrogen-bond donors (Lipinski definition) is 2. The number of rotatable bonds is 5. The lowest BCUT2D eigenvalue weighted by atomic mass is 10.1. The van der Waals surface area contributed by atoms with Gasteiger partial charge < -0.3 is 10.6 Å². The molecule has 122 valence electrons. The van der Waals surface area contributed by atoms with Gasteiger partial charge in [-0.3, -0.25) is 4.21 Å². The summed E-state index contributed by atoms with van der Waals surface area (Å²) in [5, 5.41) is 5.46. The summed E-state index contributed by atoms with van der Waals surface area (Å²) in [4.78, 5) is 12.5. The van der Waals surface area contributed by atoms with E-state index in [1.807, 2.05) is 6.92 Å². The van der Waals surface area contributed by atoms with Crippen molar-refractivity contribution in [1.82, 2.24) is 5.32 Å². The van der Waals surface area contributed by atoms with Crippen molar-refractivity contribution in [2.45, 2.75) is 18.2 Å². The Hall–Kier alpha value is -2.21. The van der Waals surface area contributed by atoms with Crippen LogP contribution in [0.25, 0.3) is 0 Å². The van der Waals surface area contributed by atoms with Gasteiger partial charge in [-0.1, -0.05) is 6.07 Å². The Morgan fingerprint density at radius 2 is 1.87 bits per heavy atom. The van der Waals surface area contributed by atoms with Gasteiger partial charge in [0.1, 0.15) is 5.82 Å². The second kappa shape index (κ2) is 7.87. The Morgan fingerprint density at radius 3 is 2.48 bits per heavy atom. The first-order chi connectivity index (χ1) is 11.0. The van der Waals surface area contributed by atoms with Crippen molar-refractivity contribution in [1.29, 1.82) is 0 Å². The standard InChI is InChI=1S/C17H19FN2O2S/c1-12-11-14(18)4-3-13(12)9-10-19-17(21)20-15-5-7-16(8-6-15)23(2)22/h3-8,11H,9-10H2,1-2H3,(H2,19,20,21)/t23-/m1/s1. The minimum Gasteiger partial charge on any atom is -0.338 e. The fourth-order valence-corrected chi connectivity index (χ4v) is 2.68. The molecule has 0 fully saturated rings. The summed E-state index contributed by atoms with van der Waals surface area (Å²) in [6.07, 6.45) is 2.24. The van der Waals surface area contributed by atoms with Crippen LogP contribution >= 0.6 is 0 Å². The lowest BCUT2D eigenvalue weighted by Crippen LogP contribution is -2.30. The van der Waals surface area contributed by atoms with Crippen LogP contribution in [-0.2, 0) is 17.2 Å². The van der Waals surface area contributed by atoms with Crippen LogP contribution in [0, 0.1) is 12.7 Å². The van der Waals surface area contributed by atoms with Gasteiger partial charge in [0, 0.05) is 34.2 Å². The number of halogens is 1. The molecule has 0 aliphatic heterocycles. The van der Waals surface area contributed by atoms with Crippen LogP contribution in [0.15, 0.2) is 47.4 Å². The third kappa shape index (κ3) is 5.17. The van der Waals surface area contributed by atoms with Crippen molar-refractivity contribution in [3.05, 3.63) is 59.4 Å². The van der Waals surface area contributed by atoms with Crippen LogP contribution in [0.5, 0.6) is 0 Å². The summed E-state index contributed by atoms with van der Waals surface area (Å²) < 4.78 is 24.3. The fourth-order valence-electron chi connectivity index (χ4n) is 2.16. The summed E-state index contributed by atoms with van der Waals surface area (Å²) in [5.41, 5.74) is 2.51. The van der Waals surface area contributed by atoms with E-state index in [-0.39, 0.29) is 11.8 Å². The third-order valence-electron chi connectivity index (χ3n) is 3.43. The van der Waals surface area contributed by atoms with Crippen molar-refractivity contribution >= 4 is 22.5 Å². The molecule has 0 aliphatic rings. The first kappa shape index (κ1) is 17.1. The Bertz CT molecular complexity index is 717. The van der Waals surface area contributed by atoms with Gasteiger partial charge in [-0.25, -0.2) is 9.18 Å².